The van der Waals surface area contributed by atoms with Gasteiger partial charge in [-0.1, -0.05) is 42.5 Å². The van der Waals surface area contributed by atoms with Crippen LogP contribution in [0, 0.1) is 12.8 Å². The van der Waals surface area contributed by atoms with Crippen LogP contribution in [-0.4, -0.2) is 41.4 Å². The fourth-order valence-electron chi connectivity index (χ4n) is 3.42. The summed E-state index contributed by atoms with van der Waals surface area (Å²) in [4.78, 5) is 30.5. The lowest BCUT2D eigenvalue weighted by atomic mass is 9.91. The van der Waals surface area contributed by atoms with Gasteiger partial charge >= 0.3 is 0 Å². The molecule has 0 saturated carbocycles. The molecule has 32 heavy (non-hydrogen) atoms. The van der Waals surface area contributed by atoms with E-state index in [9.17, 15) is 14.1 Å². The van der Waals surface area contributed by atoms with Crippen molar-refractivity contribution in [3.63, 3.8) is 0 Å². The standard InChI is InChI=1S/C25H27NO5S/c1-18-21(26-14-13-22(18)31-16-8-15-30-2)17-32(29)23-12-7-6-11-20(23)25(28)24(27)19-9-4-3-5-10-19/h3-7,9-10,12-14,20H,8,11,15-17H2,1-2H3. The van der Waals surface area contributed by atoms with E-state index in [0.29, 0.717) is 41.5 Å². The predicted octanol–water partition coefficient (Wildman–Crippen LogP) is 3.97. The van der Waals surface area contributed by atoms with E-state index in [-0.39, 0.29) is 5.75 Å². The van der Waals surface area contributed by atoms with E-state index in [1.54, 1.807) is 61.9 Å². The van der Waals surface area contributed by atoms with Gasteiger partial charge in [0.15, 0.2) is 5.75 Å². The molecule has 7 heteroatoms. The minimum atomic E-state index is -1.51. The fourth-order valence-corrected chi connectivity index (χ4v) is 4.88. The number of aromatic nitrogens is 1. The number of ether oxygens (including phenoxy) is 2. The van der Waals surface area contributed by atoms with E-state index in [2.05, 4.69) is 4.98 Å². The van der Waals surface area contributed by atoms with Crippen LogP contribution in [0.5, 0.6) is 5.75 Å². The van der Waals surface area contributed by atoms with Crippen molar-refractivity contribution in [2.75, 3.05) is 20.3 Å². The van der Waals surface area contributed by atoms with Gasteiger partial charge in [-0.2, -0.15) is 0 Å². The zero-order valence-electron chi connectivity index (χ0n) is 18.3. The number of allylic oxidation sites excluding steroid dienone is 4. The fraction of sp³-hybridized carbons (Fsp3) is 0.320. The third-order valence-corrected chi connectivity index (χ3v) is 6.71. The molecule has 2 atom stereocenters. The van der Waals surface area contributed by atoms with Crippen molar-refractivity contribution >= 4 is 22.7 Å². The van der Waals surface area contributed by atoms with Crippen LogP contribution in [0.4, 0.5) is 0 Å². The number of rotatable bonds is 11. The van der Waals surface area contributed by atoms with E-state index < -0.39 is 28.7 Å². The maximum absolute atomic E-state index is 13.3. The highest BCUT2D eigenvalue weighted by Gasteiger charge is 2.36. The third kappa shape index (κ3) is 5.94. The van der Waals surface area contributed by atoms with Crippen LogP contribution in [-0.2, 0) is 26.5 Å². The molecule has 0 N–H and O–H groups in total. The maximum Gasteiger partial charge on any atom is 0.229 e. The molecule has 0 fully saturated rings. The summed E-state index contributed by atoms with van der Waals surface area (Å²) in [6, 6.07) is 10.2. The minimum Gasteiger partial charge on any atom is -0.611 e. The highest BCUT2D eigenvalue weighted by molar-refractivity contribution is 7.94. The summed E-state index contributed by atoms with van der Waals surface area (Å²) in [5.74, 6) is -1.01. The van der Waals surface area contributed by atoms with Crippen LogP contribution in [0.25, 0.3) is 0 Å². The van der Waals surface area contributed by atoms with Gasteiger partial charge in [-0.25, -0.2) is 0 Å². The Morgan fingerprint density at radius 1 is 1.19 bits per heavy atom. The van der Waals surface area contributed by atoms with Crippen LogP contribution in [0.3, 0.4) is 0 Å². The van der Waals surface area contributed by atoms with Crippen molar-refractivity contribution in [3.05, 3.63) is 82.5 Å². The molecule has 0 spiro atoms. The van der Waals surface area contributed by atoms with Gasteiger partial charge < -0.3 is 14.0 Å². The molecule has 1 aliphatic carbocycles. The summed E-state index contributed by atoms with van der Waals surface area (Å²) in [6.07, 6.45) is 8.02. The number of nitrogens with zero attached hydrogens (tertiary/aromatic N) is 1. The number of Topliss-reactive ketones (excluding diaryl/α,β-unsaturated/α-hetero) is 2. The lowest BCUT2D eigenvalue weighted by Crippen LogP contribution is -2.29. The van der Waals surface area contributed by atoms with Crippen LogP contribution in [0.1, 0.15) is 34.5 Å². The number of ketones is 2. The second-order valence-corrected chi connectivity index (χ2v) is 8.86. The Hall–Kier alpha value is -2.74. The molecule has 0 aliphatic heterocycles. The van der Waals surface area contributed by atoms with E-state index in [1.165, 1.54) is 0 Å². The molecular weight excluding hydrogens is 426 g/mol. The first-order valence-electron chi connectivity index (χ1n) is 10.5. The molecule has 0 saturated heterocycles. The summed E-state index contributed by atoms with van der Waals surface area (Å²) in [6.45, 7) is 3.00. The average Bonchev–Trinajstić information content (AvgIpc) is 2.83. The highest BCUT2D eigenvalue weighted by Crippen LogP contribution is 2.31. The number of pyridine rings is 1. The van der Waals surface area contributed by atoms with Gasteiger partial charge in [0.2, 0.25) is 11.6 Å². The smallest absolute Gasteiger partial charge is 0.229 e. The molecule has 6 nitrogen and oxygen atoms in total. The van der Waals surface area contributed by atoms with E-state index in [0.717, 1.165) is 12.0 Å². The summed E-state index contributed by atoms with van der Waals surface area (Å²) < 4.78 is 24.1. The van der Waals surface area contributed by atoms with Gasteiger partial charge in [0.1, 0.15) is 10.7 Å². The van der Waals surface area contributed by atoms with Gasteiger partial charge in [-0.05, 0) is 36.7 Å². The van der Waals surface area contributed by atoms with Crippen LogP contribution >= 0.6 is 0 Å². The van der Waals surface area contributed by atoms with Gasteiger partial charge in [0.05, 0.1) is 18.2 Å². The minimum absolute atomic E-state index is 0.143. The Kier molecular flexibility index (Phi) is 8.79. The zero-order chi connectivity index (χ0) is 22.9. The normalized spacial score (nSPS) is 16.3. The van der Waals surface area contributed by atoms with Gasteiger partial charge in [0, 0.05) is 37.5 Å². The Labute approximate surface area is 191 Å². The second kappa shape index (κ2) is 11.8. The predicted molar refractivity (Wildman–Crippen MR) is 124 cm³/mol. The van der Waals surface area contributed by atoms with Gasteiger partial charge in [-0.15, -0.1) is 0 Å². The highest BCUT2D eigenvalue weighted by atomic mass is 32.2. The summed E-state index contributed by atoms with van der Waals surface area (Å²) in [5.41, 5.74) is 1.80. The molecule has 0 radical (unpaired) electrons. The molecule has 1 aliphatic rings. The molecule has 168 valence electrons. The average molecular weight is 454 g/mol. The Balaban J connectivity index is 1.72. The first kappa shape index (κ1) is 23.9. The molecule has 1 aromatic heterocycles. The number of hydrogen-bond acceptors (Lipinski definition) is 6. The summed E-state index contributed by atoms with van der Waals surface area (Å²) in [5, 5.41) is 0. The van der Waals surface area contributed by atoms with Gasteiger partial charge in [-0.3, -0.25) is 14.6 Å². The summed E-state index contributed by atoms with van der Waals surface area (Å²) >= 11 is -1.51. The molecule has 2 unspecified atom stereocenters. The van der Waals surface area contributed by atoms with E-state index in [1.807, 2.05) is 13.0 Å². The monoisotopic (exact) mass is 453 g/mol. The number of hydrogen-bond donors (Lipinski definition) is 0. The molecule has 1 aromatic carbocycles. The molecular formula is C25H27NO5S. The lowest BCUT2D eigenvalue weighted by Gasteiger charge is -2.22. The second-order valence-electron chi connectivity index (χ2n) is 7.41. The number of carbonyl (C=O) groups excluding carboxylic acids is 2. The van der Waals surface area contributed by atoms with Crippen molar-refractivity contribution in [2.24, 2.45) is 5.92 Å². The summed E-state index contributed by atoms with van der Waals surface area (Å²) in [7, 11) is 1.64. The largest absolute Gasteiger partial charge is 0.611 e. The van der Waals surface area contributed by atoms with Gasteiger partial charge in [0.25, 0.3) is 0 Å². The molecule has 0 amide bonds. The number of carbonyl (C=O) groups is 2. The van der Waals surface area contributed by atoms with Crippen LogP contribution in [0.2, 0.25) is 0 Å². The van der Waals surface area contributed by atoms with Crippen LogP contribution < -0.4 is 4.74 Å². The first-order valence-corrected chi connectivity index (χ1v) is 11.8. The van der Waals surface area contributed by atoms with Crippen molar-refractivity contribution in [3.8, 4) is 5.75 Å². The molecule has 3 rings (SSSR count). The van der Waals surface area contributed by atoms with Crippen molar-refractivity contribution < 1.29 is 23.6 Å². The number of benzene rings is 1. The Morgan fingerprint density at radius 3 is 2.72 bits per heavy atom. The van der Waals surface area contributed by atoms with Crippen molar-refractivity contribution in [1.29, 1.82) is 0 Å². The first-order chi connectivity index (χ1) is 15.5. The lowest BCUT2D eigenvalue weighted by molar-refractivity contribution is -0.117. The Morgan fingerprint density at radius 2 is 1.97 bits per heavy atom. The zero-order valence-corrected chi connectivity index (χ0v) is 19.1. The maximum atomic E-state index is 13.3. The molecule has 1 heterocycles. The van der Waals surface area contributed by atoms with Crippen molar-refractivity contribution in [1.82, 2.24) is 4.98 Å². The topological polar surface area (TPSA) is 88.5 Å². The SMILES string of the molecule is COCCCOc1ccnc(C[S+]([O-])C2=CC=CCC2C(=O)C(=O)c2ccccc2)c1C. The molecule has 0 bridgehead atoms. The van der Waals surface area contributed by atoms with E-state index in [4.69, 9.17) is 9.47 Å². The third-order valence-electron chi connectivity index (χ3n) is 5.23. The van der Waals surface area contributed by atoms with Crippen LogP contribution in [0.15, 0.2) is 65.7 Å². The Bertz CT molecular complexity index is 1000. The quantitative estimate of drug-likeness (QED) is 0.221. The van der Waals surface area contributed by atoms with E-state index >= 15 is 0 Å². The number of methoxy groups -OCH3 is 1. The van der Waals surface area contributed by atoms with Crippen molar-refractivity contribution in [2.45, 2.75) is 25.5 Å². The molecule has 2 aromatic rings.